The summed E-state index contributed by atoms with van der Waals surface area (Å²) in [5, 5.41) is 3.48. The Morgan fingerprint density at radius 2 is 1.74 bits per heavy atom. The number of carbonyl (C=O) groups excluding carboxylic acids is 1. The number of fused-ring (bicyclic) bond motifs is 4. The molecule has 1 amide bonds. The molecular formula is C30H43N5O4. The fraction of sp³-hybridized carbons (Fsp3) is 0.633. The predicted octanol–water partition coefficient (Wildman–Crippen LogP) is 3.53. The molecule has 2 aromatic rings. The molecule has 9 nitrogen and oxygen atoms in total. The van der Waals surface area contributed by atoms with Gasteiger partial charge in [-0.1, -0.05) is 0 Å². The largest absolute Gasteiger partial charge is 0.494 e. The van der Waals surface area contributed by atoms with Gasteiger partial charge >= 0.3 is 0 Å². The standard InChI is InChI=1S/C30H43N5O4/c1-29(12-18-34-16-10-24(29)11-17-34)33-27(36)30(38-3)13-19-35(20-14-30)28-31-15-9-26(32-28)23-5-7-25(8-6-23)39-22-4-21-37-2/h5-9,15,24H,4,10-14,16-22H2,1-3H3,(H,33,36). The molecule has 0 spiro atoms. The number of hydrogen-bond acceptors (Lipinski definition) is 8. The van der Waals surface area contributed by atoms with E-state index in [1.807, 2.05) is 30.3 Å². The van der Waals surface area contributed by atoms with E-state index < -0.39 is 5.60 Å². The first-order valence-electron chi connectivity index (χ1n) is 14.3. The summed E-state index contributed by atoms with van der Waals surface area (Å²) in [5.41, 5.74) is 0.875. The highest BCUT2D eigenvalue weighted by Gasteiger charge is 2.47. The number of methoxy groups -OCH3 is 2. The zero-order chi connectivity index (χ0) is 27.3. The van der Waals surface area contributed by atoms with Crippen LogP contribution in [0.3, 0.4) is 0 Å². The van der Waals surface area contributed by atoms with E-state index in [-0.39, 0.29) is 11.4 Å². The number of hydrogen-bond donors (Lipinski definition) is 1. The van der Waals surface area contributed by atoms with Gasteiger partial charge in [0, 0.05) is 77.0 Å². The minimum atomic E-state index is -0.819. The van der Waals surface area contributed by atoms with Crippen molar-refractivity contribution in [2.75, 3.05) is 65.1 Å². The van der Waals surface area contributed by atoms with Gasteiger partial charge in [0.2, 0.25) is 5.95 Å². The molecular weight excluding hydrogens is 494 g/mol. The number of ether oxygens (including phenoxy) is 3. The van der Waals surface area contributed by atoms with Crippen LogP contribution in [0.5, 0.6) is 5.75 Å². The highest BCUT2D eigenvalue weighted by molar-refractivity contribution is 5.86. The first kappa shape index (κ1) is 27.8. The van der Waals surface area contributed by atoms with Crippen LogP contribution in [0.25, 0.3) is 11.3 Å². The maximum atomic E-state index is 13.7. The molecule has 1 atom stereocenters. The van der Waals surface area contributed by atoms with Crippen molar-refractivity contribution in [2.45, 2.75) is 56.6 Å². The van der Waals surface area contributed by atoms with Crippen molar-refractivity contribution in [3.63, 3.8) is 0 Å². The van der Waals surface area contributed by atoms with E-state index in [1.54, 1.807) is 20.4 Å². The van der Waals surface area contributed by atoms with Gasteiger partial charge in [-0.25, -0.2) is 9.97 Å². The number of benzene rings is 1. The van der Waals surface area contributed by atoms with Crippen molar-refractivity contribution in [3.8, 4) is 17.0 Å². The summed E-state index contributed by atoms with van der Waals surface area (Å²) < 4.78 is 16.8. The Labute approximate surface area is 232 Å². The maximum absolute atomic E-state index is 13.7. The summed E-state index contributed by atoms with van der Waals surface area (Å²) in [4.78, 5) is 27.8. The highest BCUT2D eigenvalue weighted by Crippen LogP contribution is 2.37. The highest BCUT2D eigenvalue weighted by atomic mass is 16.5. The van der Waals surface area contributed by atoms with Gasteiger partial charge in [-0.3, -0.25) is 4.79 Å². The van der Waals surface area contributed by atoms with E-state index in [2.05, 4.69) is 27.0 Å². The van der Waals surface area contributed by atoms with Crippen molar-refractivity contribution < 1.29 is 19.0 Å². The lowest BCUT2D eigenvalue weighted by molar-refractivity contribution is -0.148. The number of anilines is 1. The quantitative estimate of drug-likeness (QED) is 0.461. The van der Waals surface area contributed by atoms with Crippen molar-refractivity contribution in [1.29, 1.82) is 0 Å². The first-order valence-corrected chi connectivity index (χ1v) is 14.3. The van der Waals surface area contributed by atoms with Gasteiger partial charge in [0.15, 0.2) is 0 Å². The molecule has 6 rings (SSSR count). The number of piperidine rings is 2. The third kappa shape index (κ3) is 6.21. The van der Waals surface area contributed by atoms with Gasteiger partial charge in [-0.15, -0.1) is 0 Å². The van der Waals surface area contributed by atoms with E-state index in [0.29, 0.717) is 51.0 Å². The van der Waals surface area contributed by atoms with Crippen LogP contribution >= 0.6 is 0 Å². The number of amides is 1. The van der Waals surface area contributed by atoms with Crippen LogP contribution in [-0.2, 0) is 14.3 Å². The molecule has 1 N–H and O–H groups in total. The molecule has 1 aromatic carbocycles. The molecule has 9 heteroatoms. The van der Waals surface area contributed by atoms with E-state index >= 15 is 0 Å². The monoisotopic (exact) mass is 537 g/mol. The summed E-state index contributed by atoms with van der Waals surface area (Å²) in [5.74, 6) is 2.07. The number of nitrogens with zero attached hydrogens (tertiary/aromatic N) is 4. The van der Waals surface area contributed by atoms with E-state index in [1.165, 1.54) is 0 Å². The second-order valence-corrected chi connectivity index (χ2v) is 11.4. The van der Waals surface area contributed by atoms with Crippen LogP contribution in [0.2, 0.25) is 0 Å². The van der Waals surface area contributed by atoms with Crippen molar-refractivity contribution in [1.82, 2.24) is 20.2 Å². The minimum Gasteiger partial charge on any atom is -0.494 e. The van der Waals surface area contributed by atoms with Gasteiger partial charge in [-0.05, 0) is 75.5 Å². The first-order chi connectivity index (χ1) is 18.9. The van der Waals surface area contributed by atoms with E-state index in [4.69, 9.17) is 19.2 Å². The summed E-state index contributed by atoms with van der Waals surface area (Å²) in [6.45, 7) is 8.21. The summed E-state index contributed by atoms with van der Waals surface area (Å²) in [6.07, 6.45) is 7.17. The molecule has 4 fully saturated rings. The van der Waals surface area contributed by atoms with Crippen molar-refractivity contribution >= 4 is 11.9 Å². The zero-order valence-corrected chi connectivity index (χ0v) is 23.7. The molecule has 5 heterocycles. The van der Waals surface area contributed by atoms with Crippen LogP contribution in [0.1, 0.15) is 45.4 Å². The summed E-state index contributed by atoms with van der Waals surface area (Å²) >= 11 is 0. The number of aromatic nitrogens is 2. The molecule has 0 aliphatic carbocycles. The molecule has 2 bridgehead atoms. The Balaban J connectivity index is 1.20. The predicted molar refractivity (Wildman–Crippen MR) is 151 cm³/mol. The molecule has 4 aliphatic rings. The van der Waals surface area contributed by atoms with Gasteiger partial charge < -0.3 is 29.3 Å². The molecule has 0 radical (unpaired) electrons. The lowest BCUT2D eigenvalue weighted by Crippen LogP contribution is -2.61. The Morgan fingerprint density at radius 3 is 2.44 bits per heavy atom. The lowest BCUT2D eigenvalue weighted by Gasteiger charge is -2.44. The van der Waals surface area contributed by atoms with Crippen molar-refractivity contribution in [2.24, 2.45) is 5.92 Å². The summed E-state index contributed by atoms with van der Waals surface area (Å²) in [6, 6.07) is 9.90. The van der Waals surface area contributed by atoms with E-state index in [0.717, 1.165) is 62.3 Å². The van der Waals surface area contributed by atoms with Crippen LogP contribution in [0.4, 0.5) is 5.95 Å². The Bertz CT molecular complexity index is 1100. The average molecular weight is 538 g/mol. The maximum Gasteiger partial charge on any atom is 0.252 e. The van der Waals surface area contributed by atoms with Gasteiger partial charge in [-0.2, -0.15) is 0 Å². The molecule has 4 aliphatic heterocycles. The normalized spacial score (nSPS) is 26.2. The van der Waals surface area contributed by atoms with E-state index in [9.17, 15) is 4.79 Å². The van der Waals surface area contributed by atoms with Crippen LogP contribution in [0, 0.1) is 5.92 Å². The van der Waals surface area contributed by atoms with Crippen LogP contribution in [-0.4, -0.2) is 92.1 Å². The summed E-state index contributed by atoms with van der Waals surface area (Å²) in [7, 11) is 3.37. The Hall–Kier alpha value is -2.75. The Kier molecular flexibility index (Phi) is 8.69. The fourth-order valence-electron chi connectivity index (χ4n) is 6.29. The fourth-order valence-corrected chi connectivity index (χ4v) is 6.29. The number of carbonyl (C=O) groups is 1. The van der Waals surface area contributed by atoms with Gasteiger partial charge in [0.25, 0.3) is 5.91 Å². The number of rotatable bonds is 10. The van der Waals surface area contributed by atoms with Crippen LogP contribution in [0.15, 0.2) is 36.5 Å². The molecule has 0 saturated carbocycles. The van der Waals surface area contributed by atoms with Crippen LogP contribution < -0.4 is 15.0 Å². The zero-order valence-electron chi connectivity index (χ0n) is 23.7. The molecule has 1 unspecified atom stereocenters. The second kappa shape index (κ2) is 12.2. The minimum absolute atomic E-state index is 0.0340. The Morgan fingerprint density at radius 1 is 1.00 bits per heavy atom. The smallest absolute Gasteiger partial charge is 0.252 e. The lowest BCUT2D eigenvalue weighted by atomic mass is 9.78. The third-order valence-electron chi connectivity index (χ3n) is 9.05. The third-order valence-corrected chi connectivity index (χ3v) is 9.05. The molecule has 212 valence electrons. The van der Waals surface area contributed by atoms with Gasteiger partial charge in [0.05, 0.1) is 12.3 Å². The SMILES string of the molecule is COCCCOc1ccc(-c2ccnc(N3CCC(OC)(C(=O)NC4(C)CCN5CCC4CC5)CC3)n2)cc1. The molecule has 39 heavy (non-hydrogen) atoms. The van der Waals surface area contributed by atoms with Gasteiger partial charge in [0.1, 0.15) is 11.4 Å². The molecule has 4 saturated heterocycles. The van der Waals surface area contributed by atoms with Crippen molar-refractivity contribution in [3.05, 3.63) is 36.5 Å². The second-order valence-electron chi connectivity index (χ2n) is 11.4. The average Bonchev–Trinajstić information content (AvgIpc) is 3.23. The molecule has 1 aromatic heterocycles. The number of nitrogens with one attached hydrogen (secondary N) is 1. The topological polar surface area (TPSA) is 89.0 Å².